The van der Waals surface area contributed by atoms with Gasteiger partial charge >= 0.3 is 12.1 Å². The van der Waals surface area contributed by atoms with Crippen molar-refractivity contribution >= 4 is 17.6 Å². The highest BCUT2D eigenvalue weighted by atomic mass is 19.4. The van der Waals surface area contributed by atoms with Crippen molar-refractivity contribution in [1.29, 1.82) is 5.26 Å². The summed E-state index contributed by atoms with van der Waals surface area (Å²) in [4.78, 5) is 31.3. The number of hydrogen-bond donors (Lipinski definition) is 1. The number of ether oxygens (including phenoxy) is 2. The third-order valence-corrected chi connectivity index (χ3v) is 6.70. The van der Waals surface area contributed by atoms with E-state index in [1.807, 2.05) is 25.1 Å². The number of aryl methyl sites for hydroxylation is 1. The van der Waals surface area contributed by atoms with Crippen LogP contribution in [0.15, 0.2) is 60.7 Å². The van der Waals surface area contributed by atoms with Gasteiger partial charge in [-0.2, -0.15) is 18.4 Å². The van der Waals surface area contributed by atoms with Gasteiger partial charge in [-0.3, -0.25) is 4.79 Å². The number of carbonyl (C=O) groups excluding carboxylic acids is 2. The van der Waals surface area contributed by atoms with E-state index in [1.54, 1.807) is 31.2 Å². The van der Waals surface area contributed by atoms with Gasteiger partial charge in [0.2, 0.25) is 0 Å². The summed E-state index contributed by atoms with van der Waals surface area (Å²) in [6.07, 6.45) is -1.89. The second-order valence-corrected chi connectivity index (χ2v) is 10.2. The molecule has 0 saturated heterocycles. The Morgan fingerprint density at radius 3 is 2.47 bits per heavy atom. The molecule has 0 fully saturated rings. The number of carbonyl (C=O) groups is 2. The Bertz CT molecular complexity index is 1500. The minimum absolute atomic E-state index is 0.0194. The zero-order chi connectivity index (χ0) is 31.0. The van der Waals surface area contributed by atoms with Gasteiger partial charge in [0, 0.05) is 6.04 Å². The number of halogens is 3. The normalized spacial score (nSPS) is 13.1. The molecule has 0 aliphatic carbocycles. The average molecular weight is 596 g/mol. The summed E-state index contributed by atoms with van der Waals surface area (Å²) in [6, 6.07) is 18.6. The molecule has 1 N–H and O–H groups in total. The summed E-state index contributed by atoms with van der Waals surface area (Å²) in [5.41, 5.74) is 4.00. The second kappa shape index (κ2) is 14.0. The van der Waals surface area contributed by atoms with Crippen molar-refractivity contribution in [3.63, 3.8) is 0 Å². The Morgan fingerprint density at radius 2 is 1.77 bits per heavy atom. The first kappa shape index (κ1) is 31.2. The number of hydrogen-bond acceptors (Lipinski definition) is 7. The molecule has 1 aliphatic rings. The lowest BCUT2D eigenvalue weighted by molar-refractivity contribution is -0.153. The van der Waals surface area contributed by atoms with Gasteiger partial charge in [-0.25, -0.2) is 9.86 Å². The molecule has 0 saturated carbocycles. The van der Waals surface area contributed by atoms with Crippen molar-refractivity contribution in [3.8, 4) is 17.6 Å². The molecule has 1 unspecified atom stereocenters. The fraction of sp³-hybridized carbons (Fsp3) is 0.344. The predicted molar refractivity (Wildman–Crippen MR) is 153 cm³/mol. The minimum atomic E-state index is -4.51. The van der Waals surface area contributed by atoms with E-state index in [9.17, 15) is 28.0 Å². The molecular formula is C32H32F3N3O5. The van der Waals surface area contributed by atoms with Gasteiger partial charge in [0.05, 0.1) is 23.4 Å². The lowest BCUT2D eigenvalue weighted by Gasteiger charge is -2.21. The van der Waals surface area contributed by atoms with Crippen LogP contribution in [0, 0.1) is 11.3 Å². The number of hydroxylamine groups is 1. The van der Waals surface area contributed by atoms with Crippen LogP contribution >= 0.6 is 0 Å². The molecule has 11 heteroatoms. The second-order valence-electron chi connectivity index (χ2n) is 10.2. The average Bonchev–Trinajstić information content (AvgIpc) is 3.37. The molecule has 43 heavy (non-hydrogen) atoms. The molecule has 4 rings (SSSR count). The number of benzene rings is 3. The molecule has 3 aromatic carbocycles. The number of nitrogens with zero attached hydrogens (tertiary/aromatic N) is 2. The molecule has 1 heterocycles. The van der Waals surface area contributed by atoms with Gasteiger partial charge in [0.15, 0.2) is 24.7 Å². The first-order chi connectivity index (χ1) is 20.6. The molecule has 0 aromatic heterocycles. The molecule has 8 nitrogen and oxygen atoms in total. The molecule has 0 bridgehead atoms. The summed E-state index contributed by atoms with van der Waals surface area (Å²) in [7, 11) is 0. The van der Waals surface area contributed by atoms with Crippen molar-refractivity contribution in [2.45, 2.75) is 51.7 Å². The first-order valence-corrected chi connectivity index (χ1v) is 13.9. The topological polar surface area (TPSA) is 101 Å². The van der Waals surface area contributed by atoms with E-state index in [0.29, 0.717) is 36.2 Å². The number of fused-ring (bicyclic) bond motifs is 1. The number of rotatable bonds is 12. The van der Waals surface area contributed by atoms with Crippen LogP contribution in [-0.4, -0.2) is 43.9 Å². The molecular weight excluding hydrogens is 563 g/mol. The summed E-state index contributed by atoms with van der Waals surface area (Å²) in [5, 5.41) is 14.2. The van der Waals surface area contributed by atoms with Gasteiger partial charge in [0.1, 0.15) is 6.07 Å². The maximum absolute atomic E-state index is 13.0. The van der Waals surface area contributed by atoms with E-state index in [2.05, 4.69) is 11.4 Å². The molecule has 1 aliphatic heterocycles. The number of amides is 1. The SMILES string of the molecule is CCCc1ccccc1C(=O)ON1CCc2cc(CC(C)NC(=O)COc3ccccc3OCC(F)(F)F)cc(C#N)c21. The predicted octanol–water partition coefficient (Wildman–Crippen LogP) is 5.71. The van der Waals surface area contributed by atoms with Crippen molar-refractivity contribution in [2.75, 3.05) is 24.8 Å². The summed E-state index contributed by atoms with van der Waals surface area (Å²) in [6.45, 7) is 2.34. The zero-order valence-corrected chi connectivity index (χ0v) is 23.9. The van der Waals surface area contributed by atoms with E-state index in [1.165, 1.54) is 23.3 Å². The standard InChI is InChI=1S/C32H32F3N3O5/c1-3-8-23-9-4-5-10-26(23)31(40)43-38-14-13-24-16-22(17-25(18-36)30(24)38)15-21(2)37-29(39)19-41-27-11-6-7-12-28(27)42-20-32(33,34)35/h4-7,9-12,16-17,21H,3,8,13-15,19-20H2,1-2H3,(H,37,39). The largest absolute Gasteiger partial charge is 0.480 e. The maximum atomic E-state index is 13.0. The third-order valence-electron chi connectivity index (χ3n) is 6.70. The highest BCUT2D eigenvalue weighted by Gasteiger charge is 2.30. The Morgan fingerprint density at radius 1 is 1.07 bits per heavy atom. The number of anilines is 1. The monoisotopic (exact) mass is 595 g/mol. The van der Waals surface area contributed by atoms with Crippen molar-refractivity contribution in [3.05, 3.63) is 88.5 Å². The Hall–Kier alpha value is -4.72. The number of nitrogens with one attached hydrogen (secondary N) is 1. The minimum Gasteiger partial charge on any atom is -0.480 e. The Kier molecular flexibility index (Phi) is 10.1. The lowest BCUT2D eigenvalue weighted by atomic mass is 9.99. The van der Waals surface area contributed by atoms with Gasteiger partial charge in [0.25, 0.3) is 5.91 Å². The Balaban J connectivity index is 1.36. The fourth-order valence-electron chi connectivity index (χ4n) is 4.94. The molecule has 0 spiro atoms. The van der Waals surface area contributed by atoms with E-state index >= 15 is 0 Å². The van der Waals surface area contributed by atoms with Gasteiger partial charge in [-0.15, -0.1) is 0 Å². The molecule has 0 radical (unpaired) electrons. The van der Waals surface area contributed by atoms with Crippen molar-refractivity contribution in [2.24, 2.45) is 0 Å². The van der Waals surface area contributed by atoms with E-state index in [0.717, 1.165) is 29.5 Å². The van der Waals surface area contributed by atoms with Crippen LogP contribution in [0.25, 0.3) is 0 Å². The summed E-state index contributed by atoms with van der Waals surface area (Å²) < 4.78 is 47.8. The molecule has 226 valence electrons. The van der Waals surface area contributed by atoms with E-state index in [4.69, 9.17) is 14.3 Å². The van der Waals surface area contributed by atoms with Gasteiger partial charge in [-0.05, 0) is 67.1 Å². The van der Waals surface area contributed by atoms with Crippen LogP contribution in [0.1, 0.15) is 52.9 Å². The van der Waals surface area contributed by atoms with Crippen molar-refractivity contribution < 1.29 is 37.1 Å². The highest BCUT2D eigenvalue weighted by Crippen LogP contribution is 2.34. The fourth-order valence-corrected chi connectivity index (χ4v) is 4.94. The van der Waals surface area contributed by atoms with Gasteiger partial charge in [-0.1, -0.05) is 49.7 Å². The van der Waals surface area contributed by atoms with E-state index < -0.39 is 31.3 Å². The van der Waals surface area contributed by atoms with E-state index in [-0.39, 0.29) is 17.5 Å². The molecule has 1 amide bonds. The smallest absolute Gasteiger partial charge is 0.422 e. The van der Waals surface area contributed by atoms with Crippen molar-refractivity contribution in [1.82, 2.24) is 5.32 Å². The molecule has 3 aromatic rings. The third kappa shape index (κ3) is 8.41. The van der Waals surface area contributed by atoms with Crippen LogP contribution < -0.4 is 19.9 Å². The van der Waals surface area contributed by atoms with Crippen LogP contribution in [0.5, 0.6) is 11.5 Å². The zero-order valence-electron chi connectivity index (χ0n) is 23.9. The number of alkyl halides is 3. The van der Waals surface area contributed by atoms with Crippen LogP contribution in [0.3, 0.4) is 0 Å². The van der Waals surface area contributed by atoms with Gasteiger partial charge < -0.3 is 19.6 Å². The first-order valence-electron chi connectivity index (χ1n) is 13.9. The van der Waals surface area contributed by atoms with Crippen LogP contribution in [-0.2, 0) is 28.9 Å². The summed E-state index contributed by atoms with van der Waals surface area (Å²) >= 11 is 0. The van der Waals surface area contributed by atoms with Crippen LogP contribution in [0.4, 0.5) is 18.9 Å². The lowest BCUT2D eigenvalue weighted by Crippen LogP contribution is -2.37. The quantitative estimate of drug-likeness (QED) is 0.286. The molecule has 1 atom stereocenters. The Labute approximate surface area is 247 Å². The van der Waals surface area contributed by atoms with Crippen LogP contribution in [0.2, 0.25) is 0 Å². The maximum Gasteiger partial charge on any atom is 0.422 e. The number of nitriles is 1. The highest BCUT2D eigenvalue weighted by molar-refractivity contribution is 5.92. The summed E-state index contributed by atoms with van der Waals surface area (Å²) in [5.74, 6) is -1.04. The number of para-hydroxylation sites is 2.